The molecule has 3 aromatic rings. The number of hydrogen-bond acceptors (Lipinski definition) is 2. The zero-order valence-corrected chi connectivity index (χ0v) is 13.4. The molecule has 0 saturated heterocycles. The van der Waals surface area contributed by atoms with Gasteiger partial charge in [0, 0.05) is 10.6 Å². The van der Waals surface area contributed by atoms with Crippen LogP contribution in [0.2, 0.25) is 5.02 Å². The molecule has 0 saturated carbocycles. The molecule has 0 amide bonds. The van der Waals surface area contributed by atoms with Crippen LogP contribution in [-0.4, -0.2) is 13.1 Å². The van der Waals surface area contributed by atoms with Crippen LogP contribution in [0.3, 0.4) is 0 Å². The molecule has 114 valence electrons. The van der Waals surface area contributed by atoms with E-state index >= 15 is 0 Å². The van der Waals surface area contributed by atoms with Gasteiger partial charge in [-0.2, -0.15) is 0 Å². The predicted octanol–water partition coefficient (Wildman–Crippen LogP) is 5.46. The monoisotopic (exact) mass is 322 g/mol. The Labute approximate surface area is 140 Å². The van der Waals surface area contributed by atoms with E-state index in [2.05, 4.69) is 0 Å². The van der Waals surface area contributed by atoms with E-state index in [0.29, 0.717) is 10.6 Å². The molecule has 0 aliphatic carbocycles. The molecule has 3 heteroatoms. The van der Waals surface area contributed by atoms with Gasteiger partial charge in [0.05, 0.1) is 12.7 Å². The van der Waals surface area contributed by atoms with Crippen molar-refractivity contribution >= 4 is 17.6 Å². The van der Waals surface area contributed by atoms with E-state index in [0.717, 1.165) is 22.3 Å². The zero-order chi connectivity index (χ0) is 16.2. The second-order valence-corrected chi connectivity index (χ2v) is 5.51. The first-order chi connectivity index (χ1) is 11.2. The Morgan fingerprint density at radius 2 is 1.52 bits per heavy atom. The molecule has 0 spiro atoms. The summed E-state index contributed by atoms with van der Waals surface area (Å²) < 4.78 is 4.95. The number of esters is 1. The summed E-state index contributed by atoms with van der Waals surface area (Å²) in [6, 6.07) is 23.1. The number of ether oxygens (including phenoxy) is 1. The third kappa shape index (κ3) is 3.13. The van der Waals surface area contributed by atoms with Crippen molar-refractivity contribution in [1.29, 1.82) is 0 Å². The summed E-state index contributed by atoms with van der Waals surface area (Å²) in [6.45, 7) is 0. The van der Waals surface area contributed by atoms with Gasteiger partial charge >= 0.3 is 5.97 Å². The highest BCUT2D eigenvalue weighted by Crippen LogP contribution is 2.33. The van der Waals surface area contributed by atoms with Crippen LogP contribution in [-0.2, 0) is 4.74 Å². The van der Waals surface area contributed by atoms with Gasteiger partial charge in [-0.1, -0.05) is 72.3 Å². The third-order valence-electron chi connectivity index (χ3n) is 3.70. The minimum Gasteiger partial charge on any atom is -0.465 e. The molecule has 2 nitrogen and oxygen atoms in total. The van der Waals surface area contributed by atoms with Crippen molar-refractivity contribution < 1.29 is 9.53 Å². The van der Waals surface area contributed by atoms with Crippen molar-refractivity contribution in [1.82, 2.24) is 0 Å². The summed E-state index contributed by atoms with van der Waals surface area (Å²) in [6.07, 6.45) is 0. The molecule has 0 radical (unpaired) electrons. The first-order valence-electron chi connectivity index (χ1n) is 7.23. The third-order valence-corrected chi connectivity index (χ3v) is 4.03. The average molecular weight is 323 g/mol. The minimum absolute atomic E-state index is 0.377. The average Bonchev–Trinajstić information content (AvgIpc) is 2.62. The number of halogens is 1. The van der Waals surface area contributed by atoms with Crippen LogP contribution in [0.15, 0.2) is 72.8 Å². The van der Waals surface area contributed by atoms with Gasteiger partial charge in [0.25, 0.3) is 0 Å². The van der Waals surface area contributed by atoms with Crippen LogP contribution in [0.1, 0.15) is 10.4 Å². The molecule has 23 heavy (non-hydrogen) atoms. The number of benzene rings is 3. The maximum absolute atomic E-state index is 12.2. The standard InChI is InChI=1S/C20H15ClO2/c1-23-20(22)18-13-15(14-7-3-2-4-8-14)11-12-16(18)17-9-5-6-10-19(17)21/h2-13H,1H3. The molecular formula is C20H15ClO2. The minimum atomic E-state index is -0.377. The Hall–Kier alpha value is -2.58. The topological polar surface area (TPSA) is 26.3 Å². The Morgan fingerprint density at radius 3 is 2.22 bits per heavy atom. The van der Waals surface area contributed by atoms with E-state index in [-0.39, 0.29) is 5.97 Å². The van der Waals surface area contributed by atoms with Crippen molar-refractivity contribution in [2.24, 2.45) is 0 Å². The van der Waals surface area contributed by atoms with Crippen LogP contribution >= 0.6 is 11.6 Å². The normalized spacial score (nSPS) is 10.3. The quantitative estimate of drug-likeness (QED) is 0.598. The Morgan fingerprint density at radius 1 is 0.826 bits per heavy atom. The lowest BCUT2D eigenvalue weighted by Gasteiger charge is -2.12. The SMILES string of the molecule is COC(=O)c1cc(-c2ccccc2)ccc1-c1ccccc1Cl. The highest BCUT2D eigenvalue weighted by atomic mass is 35.5. The van der Waals surface area contributed by atoms with Crippen molar-refractivity contribution in [2.75, 3.05) is 7.11 Å². The summed E-state index contributed by atoms with van der Waals surface area (Å²) in [5.74, 6) is -0.377. The second kappa shape index (κ2) is 6.67. The Bertz CT molecular complexity index is 841. The van der Waals surface area contributed by atoms with Gasteiger partial charge in [-0.25, -0.2) is 4.79 Å². The van der Waals surface area contributed by atoms with Crippen molar-refractivity contribution in [3.8, 4) is 22.3 Å². The van der Waals surface area contributed by atoms with Gasteiger partial charge in [-0.3, -0.25) is 0 Å². The van der Waals surface area contributed by atoms with E-state index in [9.17, 15) is 4.79 Å². The largest absolute Gasteiger partial charge is 0.465 e. The summed E-state index contributed by atoms with van der Waals surface area (Å²) in [5.41, 5.74) is 4.09. The molecule has 0 heterocycles. The number of methoxy groups -OCH3 is 1. The van der Waals surface area contributed by atoms with Gasteiger partial charge in [-0.15, -0.1) is 0 Å². The van der Waals surface area contributed by atoms with E-state index in [1.165, 1.54) is 7.11 Å². The summed E-state index contributed by atoms with van der Waals surface area (Å²) in [4.78, 5) is 12.2. The summed E-state index contributed by atoms with van der Waals surface area (Å²) in [7, 11) is 1.38. The van der Waals surface area contributed by atoms with E-state index in [4.69, 9.17) is 16.3 Å². The molecule has 0 N–H and O–H groups in total. The highest BCUT2D eigenvalue weighted by Gasteiger charge is 2.16. The maximum atomic E-state index is 12.2. The first kappa shape index (κ1) is 15.3. The predicted molar refractivity (Wildman–Crippen MR) is 93.7 cm³/mol. The maximum Gasteiger partial charge on any atom is 0.338 e. The van der Waals surface area contributed by atoms with Crippen molar-refractivity contribution in [3.05, 3.63) is 83.4 Å². The molecule has 0 atom stereocenters. The van der Waals surface area contributed by atoms with Gasteiger partial charge < -0.3 is 4.74 Å². The fourth-order valence-electron chi connectivity index (χ4n) is 2.55. The van der Waals surface area contributed by atoms with Gasteiger partial charge in [0.2, 0.25) is 0 Å². The fourth-order valence-corrected chi connectivity index (χ4v) is 2.79. The lowest BCUT2D eigenvalue weighted by atomic mass is 9.95. The lowest BCUT2D eigenvalue weighted by Crippen LogP contribution is -2.04. The van der Waals surface area contributed by atoms with Crippen LogP contribution in [0.4, 0.5) is 0 Å². The van der Waals surface area contributed by atoms with Crippen LogP contribution in [0.5, 0.6) is 0 Å². The van der Waals surface area contributed by atoms with Crippen LogP contribution in [0, 0.1) is 0 Å². The summed E-state index contributed by atoms with van der Waals surface area (Å²) in [5, 5.41) is 0.602. The second-order valence-electron chi connectivity index (χ2n) is 5.10. The van der Waals surface area contributed by atoms with Crippen LogP contribution in [0.25, 0.3) is 22.3 Å². The molecule has 3 rings (SSSR count). The number of rotatable bonds is 3. The molecular weight excluding hydrogens is 308 g/mol. The molecule has 0 aromatic heterocycles. The van der Waals surface area contributed by atoms with E-state index < -0.39 is 0 Å². The molecule has 0 bridgehead atoms. The molecule has 0 aliphatic rings. The van der Waals surface area contributed by atoms with Crippen molar-refractivity contribution in [2.45, 2.75) is 0 Å². The van der Waals surface area contributed by atoms with E-state index in [1.807, 2.05) is 72.8 Å². The van der Waals surface area contributed by atoms with Crippen molar-refractivity contribution in [3.63, 3.8) is 0 Å². The highest BCUT2D eigenvalue weighted by molar-refractivity contribution is 6.33. The smallest absolute Gasteiger partial charge is 0.338 e. The number of carbonyl (C=O) groups is 1. The fraction of sp³-hybridized carbons (Fsp3) is 0.0500. The Balaban J connectivity index is 2.18. The van der Waals surface area contributed by atoms with Gasteiger partial charge in [0.15, 0.2) is 0 Å². The van der Waals surface area contributed by atoms with Gasteiger partial charge in [0.1, 0.15) is 0 Å². The van der Waals surface area contributed by atoms with E-state index in [1.54, 1.807) is 0 Å². The Kier molecular flexibility index (Phi) is 4.45. The zero-order valence-electron chi connectivity index (χ0n) is 12.6. The molecule has 0 fully saturated rings. The van der Waals surface area contributed by atoms with Gasteiger partial charge in [-0.05, 0) is 28.8 Å². The number of hydrogen-bond donors (Lipinski definition) is 0. The molecule has 3 aromatic carbocycles. The summed E-state index contributed by atoms with van der Waals surface area (Å²) >= 11 is 6.28. The molecule has 0 aliphatic heterocycles. The molecule has 0 unspecified atom stereocenters. The first-order valence-corrected chi connectivity index (χ1v) is 7.61. The lowest BCUT2D eigenvalue weighted by molar-refractivity contribution is 0.0601. The number of carbonyl (C=O) groups excluding carboxylic acids is 1. The van der Waals surface area contributed by atoms with Crippen LogP contribution < -0.4 is 0 Å².